The van der Waals surface area contributed by atoms with E-state index < -0.39 is 0 Å². The van der Waals surface area contributed by atoms with Crippen molar-refractivity contribution in [2.24, 2.45) is 0 Å². The molecule has 0 radical (unpaired) electrons. The summed E-state index contributed by atoms with van der Waals surface area (Å²) >= 11 is 0. The molecular weight excluding hydrogens is 392 g/mol. The van der Waals surface area contributed by atoms with Crippen LogP contribution in [0.3, 0.4) is 0 Å². The minimum atomic E-state index is -0.236. The Kier molecular flexibility index (Phi) is 4.55. The minimum Gasteiger partial charge on any atom is -0.444 e. The number of nitrogens with one attached hydrogen (secondary N) is 1. The van der Waals surface area contributed by atoms with Crippen molar-refractivity contribution < 1.29 is 13.7 Å². The number of hydrogen-bond acceptors (Lipinski definition) is 6. The van der Waals surface area contributed by atoms with Gasteiger partial charge in [0.15, 0.2) is 5.58 Å². The maximum atomic E-state index is 12.7. The third kappa shape index (κ3) is 3.69. The Hall–Kier alpha value is -4.26. The lowest BCUT2D eigenvalue weighted by Crippen LogP contribution is -2.11. The van der Waals surface area contributed by atoms with E-state index in [0.717, 1.165) is 16.8 Å². The second-order valence-corrected chi connectivity index (χ2v) is 7.29. The minimum absolute atomic E-state index is 0.236. The van der Waals surface area contributed by atoms with E-state index in [9.17, 15) is 4.79 Å². The van der Waals surface area contributed by atoms with Crippen molar-refractivity contribution >= 4 is 22.6 Å². The Morgan fingerprint density at radius 3 is 2.65 bits per heavy atom. The van der Waals surface area contributed by atoms with Crippen LogP contribution in [0.25, 0.3) is 33.8 Å². The number of rotatable bonds is 4. The third-order valence-electron chi connectivity index (χ3n) is 4.93. The molecule has 0 fully saturated rings. The monoisotopic (exact) mass is 410 g/mol. The van der Waals surface area contributed by atoms with Crippen LogP contribution < -0.4 is 5.32 Å². The Balaban J connectivity index is 1.47. The molecule has 5 rings (SSSR count). The van der Waals surface area contributed by atoms with Gasteiger partial charge in [0.25, 0.3) is 5.91 Å². The van der Waals surface area contributed by atoms with Gasteiger partial charge >= 0.3 is 0 Å². The van der Waals surface area contributed by atoms with E-state index in [0.29, 0.717) is 39.5 Å². The van der Waals surface area contributed by atoms with Crippen LogP contribution in [0.15, 0.2) is 76.0 Å². The van der Waals surface area contributed by atoms with E-state index in [4.69, 9.17) is 8.94 Å². The molecule has 0 saturated heterocycles. The molecule has 0 atom stereocenters. The van der Waals surface area contributed by atoms with Gasteiger partial charge in [-0.25, -0.2) is 4.98 Å². The summed E-state index contributed by atoms with van der Waals surface area (Å²) in [6.07, 6.45) is 3.20. The van der Waals surface area contributed by atoms with Crippen LogP contribution in [0, 0.1) is 13.8 Å². The molecular formula is C24H18N4O3. The zero-order valence-electron chi connectivity index (χ0n) is 16.9. The molecule has 0 bridgehead atoms. The van der Waals surface area contributed by atoms with Gasteiger partial charge < -0.3 is 14.3 Å². The number of carbonyl (C=O) groups excluding carboxylic acids is 1. The summed E-state index contributed by atoms with van der Waals surface area (Å²) in [6, 6.07) is 16.6. The number of fused-ring (bicyclic) bond motifs is 1. The normalized spacial score (nSPS) is 11.0. The van der Waals surface area contributed by atoms with E-state index in [-0.39, 0.29) is 5.91 Å². The SMILES string of the molecule is Cc1ccc(-c2nc(-c3noc4ccc(C(=O)Nc5ccnc(C)c5)cc34)co2)cc1. The van der Waals surface area contributed by atoms with Crippen LogP contribution in [0.2, 0.25) is 0 Å². The lowest BCUT2D eigenvalue weighted by molar-refractivity contribution is 0.102. The molecule has 0 saturated carbocycles. The molecule has 31 heavy (non-hydrogen) atoms. The van der Waals surface area contributed by atoms with Crippen molar-refractivity contribution in [2.45, 2.75) is 13.8 Å². The predicted octanol–water partition coefficient (Wildman–Crippen LogP) is 5.41. The summed E-state index contributed by atoms with van der Waals surface area (Å²) in [4.78, 5) is 21.4. The molecule has 0 aliphatic carbocycles. The standard InChI is InChI=1S/C24H18N4O3/c1-14-3-5-16(6-4-14)24-27-20(13-30-24)22-19-12-17(7-8-21(19)31-28-22)23(29)26-18-9-10-25-15(2)11-18/h3-13H,1-2H3,(H,25,26,29). The number of anilines is 1. The van der Waals surface area contributed by atoms with Gasteiger partial charge in [-0.1, -0.05) is 22.9 Å². The van der Waals surface area contributed by atoms with Crippen molar-refractivity contribution in [2.75, 3.05) is 5.32 Å². The van der Waals surface area contributed by atoms with Crippen LogP contribution in [0.5, 0.6) is 0 Å². The highest BCUT2D eigenvalue weighted by Gasteiger charge is 2.18. The molecule has 0 unspecified atom stereocenters. The van der Waals surface area contributed by atoms with Crippen LogP contribution in [0.4, 0.5) is 5.69 Å². The van der Waals surface area contributed by atoms with E-state index in [2.05, 4.69) is 20.4 Å². The van der Waals surface area contributed by atoms with Gasteiger partial charge in [0, 0.05) is 28.7 Å². The van der Waals surface area contributed by atoms with Gasteiger partial charge in [-0.2, -0.15) is 0 Å². The first-order valence-corrected chi connectivity index (χ1v) is 9.73. The van der Waals surface area contributed by atoms with Crippen molar-refractivity contribution in [3.63, 3.8) is 0 Å². The van der Waals surface area contributed by atoms with Crippen LogP contribution in [0.1, 0.15) is 21.6 Å². The topological polar surface area (TPSA) is 94.0 Å². The lowest BCUT2D eigenvalue weighted by atomic mass is 10.1. The quantitative estimate of drug-likeness (QED) is 0.425. The third-order valence-corrected chi connectivity index (χ3v) is 4.93. The second-order valence-electron chi connectivity index (χ2n) is 7.29. The van der Waals surface area contributed by atoms with Crippen LogP contribution >= 0.6 is 0 Å². The zero-order valence-corrected chi connectivity index (χ0v) is 16.9. The molecule has 1 N–H and O–H groups in total. The van der Waals surface area contributed by atoms with E-state index >= 15 is 0 Å². The average Bonchev–Trinajstić information content (AvgIpc) is 3.41. The Morgan fingerprint density at radius 2 is 1.84 bits per heavy atom. The summed E-state index contributed by atoms with van der Waals surface area (Å²) in [7, 11) is 0. The van der Waals surface area contributed by atoms with E-state index in [1.807, 2.05) is 44.2 Å². The second kappa shape index (κ2) is 7.53. The maximum Gasteiger partial charge on any atom is 0.255 e. The molecule has 3 heterocycles. The molecule has 7 heteroatoms. The molecule has 0 aliphatic heterocycles. The highest BCUT2D eigenvalue weighted by Crippen LogP contribution is 2.30. The Labute approximate surface area is 177 Å². The van der Waals surface area contributed by atoms with Gasteiger partial charge in [-0.15, -0.1) is 0 Å². The fourth-order valence-corrected chi connectivity index (χ4v) is 3.30. The predicted molar refractivity (Wildman–Crippen MR) is 117 cm³/mol. The highest BCUT2D eigenvalue weighted by molar-refractivity contribution is 6.07. The molecule has 152 valence electrons. The fraction of sp³-hybridized carbons (Fsp3) is 0.0833. The van der Waals surface area contributed by atoms with E-state index in [1.54, 1.807) is 36.7 Å². The average molecular weight is 410 g/mol. The summed E-state index contributed by atoms with van der Waals surface area (Å²) in [5, 5.41) is 7.71. The molecule has 3 aromatic heterocycles. The summed E-state index contributed by atoms with van der Waals surface area (Å²) < 4.78 is 11.1. The molecule has 0 aliphatic rings. The number of pyridine rings is 1. The highest BCUT2D eigenvalue weighted by atomic mass is 16.5. The van der Waals surface area contributed by atoms with Crippen molar-refractivity contribution in [1.82, 2.24) is 15.1 Å². The number of nitrogens with zero attached hydrogens (tertiary/aromatic N) is 3. The largest absolute Gasteiger partial charge is 0.444 e. The zero-order chi connectivity index (χ0) is 21.4. The van der Waals surface area contributed by atoms with Crippen molar-refractivity contribution in [1.29, 1.82) is 0 Å². The number of aryl methyl sites for hydroxylation is 2. The first kappa shape index (κ1) is 18.7. The smallest absolute Gasteiger partial charge is 0.255 e. The lowest BCUT2D eigenvalue weighted by Gasteiger charge is -2.05. The van der Waals surface area contributed by atoms with Crippen molar-refractivity contribution in [3.05, 3.63) is 83.9 Å². The van der Waals surface area contributed by atoms with Crippen molar-refractivity contribution in [3.8, 4) is 22.8 Å². The molecule has 1 amide bonds. The van der Waals surface area contributed by atoms with Gasteiger partial charge in [0.2, 0.25) is 5.89 Å². The number of amides is 1. The maximum absolute atomic E-state index is 12.7. The fourth-order valence-electron chi connectivity index (χ4n) is 3.30. The van der Waals surface area contributed by atoms with E-state index in [1.165, 1.54) is 0 Å². The molecule has 0 spiro atoms. The molecule has 2 aromatic carbocycles. The Morgan fingerprint density at radius 1 is 1.00 bits per heavy atom. The molecule has 7 nitrogen and oxygen atoms in total. The van der Waals surface area contributed by atoms with Crippen LogP contribution in [-0.2, 0) is 0 Å². The Bertz CT molecular complexity index is 1400. The number of hydrogen-bond donors (Lipinski definition) is 1. The number of oxazole rings is 1. The summed E-state index contributed by atoms with van der Waals surface area (Å²) in [5.74, 6) is 0.258. The van der Waals surface area contributed by atoms with Crippen LogP contribution in [-0.4, -0.2) is 21.0 Å². The van der Waals surface area contributed by atoms with Gasteiger partial charge in [-0.05, 0) is 56.3 Å². The van der Waals surface area contributed by atoms with Gasteiger partial charge in [-0.3, -0.25) is 9.78 Å². The first-order valence-electron chi connectivity index (χ1n) is 9.73. The van der Waals surface area contributed by atoms with Gasteiger partial charge in [0.1, 0.15) is 17.7 Å². The summed E-state index contributed by atoms with van der Waals surface area (Å²) in [5.41, 5.74) is 5.64. The summed E-state index contributed by atoms with van der Waals surface area (Å²) in [6.45, 7) is 3.89. The first-order chi connectivity index (χ1) is 15.1. The number of aromatic nitrogens is 3. The number of carbonyl (C=O) groups is 1. The number of benzene rings is 2. The van der Waals surface area contributed by atoms with Gasteiger partial charge in [0.05, 0.1) is 5.39 Å². The molecule has 5 aromatic rings.